The molecule has 0 radical (unpaired) electrons. The van der Waals surface area contributed by atoms with Crippen LogP contribution in [0.3, 0.4) is 0 Å². The predicted octanol–water partition coefficient (Wildman–Crippen LogP) is 1.24. The van der Waals surface area contributed by atoms with Gasteiger partial charge in [-0.1, -0.05) is 41.9 Å². The molecule has 1 aromatic rings. The molecule has 1 unspecified atom stereocenters. The van der Waals surface area contributed by atoms with Crippen molar-refractivity contribution in [3.63, 3.8) is 0 Å². The Bertz CT molecular complexity index is 230. The third kappa shape index (κ3) is 3.91. The van der Waals surface area contributed by atoms with Crippen molar-refractivity contribution in [2.75, 3.05) is 13.2 Å². The topological polar surface area (TPSA) is 18.5 Å². The van der Waals surface area contributed by atoms with Gasteiger partial charge in [-0.05, 0) is 5.56 Å². The van der Waals surface area contributed by atoms with Gasteiger partial charge in [-0.25, -0.2) is 0 Å². The Balaban J connectivity index is 2.35. The van der Waals surface area contributed by atoms with Gasteiger partial charge in [0.25, 0.3) is 0 Å². The van der Waals surface area contributed by atoms with Gasteiger partial charge in [0.15, 0.2) is 5.56 Å². The highest BCUT2D eigenvalue weighted by Crippen LogP contribution is 2.20. The smallest absolute Gasteiger partial charge is 0.156 e. The summed E-state index contributed by atoms with van der Waals surface area (Å²) in [6, 6.07) is 9.72. The second-order valence-electron chi connectivity index (χ2n) is 2.59. The number of hydrogen-bond donors (Lipinski definition) is 0. The molecule has 0 aliphatic carbocycles. The zero-order valence-electron chi connectivity index (χ0n) is 7.57. The highest BCUT2D eigenvalue weighted by atomic mass is 35.5. The zero-order chi connectivity index (χ0) is 9.52. The Morgan fingerprint density at radius 3 is 2.54 bits per heavy atom. The molecular weight excluding hydrogens is 204 g/mol. The molecule has 0 fully saturated rings. The van der Waals surface area contributed by atoms with Crippen LogP contribution in [-0.2, 0) is 9.16 Å². The molecule has 4 heteroatoms. The maximum absolute atomic E-state index is 5.98. The van der Waals surface area contributed by atoms with Crippen LogP contribution in [0.2, 0.25) is 0 Å². The number of alkyl halides is 1. The fourth-order valence-corrected chi connectivity index (χ4v) is 1.34. The van der Waals surface area contributed by atoms with Gasteiger partial charge in [0, 0.05) is 0 Å². The van der Waals surface area contributed by atoms with Crippen molar-refractivity contribution < 1.29 is 9.16 Å². The van der Waals surface area contributed by atoms with Gasteiger partial charge in [-0.3, -0.25) is 0 Å². The Hall–Kier alpha value is -0.353. The van der Waals surface area contributed by atoms with Gasteiger partial charge in [-0.15, -0.1) is 0 Å². The minimum atomic E-state index is -0.363. The first-order valence-electron chi connectivity index (χ1n) is 4.14. The summed E-state index contributed by atoms with van der Waals surface area (Å²) < 4.78 is 10.3. The lowest BCUT2D eigenvalue weighted by Gasteiger charge is -2.10. The van der Waals surface area contributed by atoms with E-state index in [2.05, 4.69) is 0 Å². The average Bonchev–Trinajstić information content (AvgIpc) is 2.19. The second-order valence-corrected chi connectivity index (χ2v) is 3.56. The molecule has 0 saturated carbocycles. The molecule has 1 rings (SSSR count). The van der Waals surface area contributed by atoms with Gasteiger partial charge in [-0.2, -0.15) is 0 Å². The van der Waals surface area contributed by atoms with Crippen LogP contribution in [0.25, 0.3) is 0 Å². The first-order chi connectivity index (χ1) is 6.34. The molecule has 0 bridgehead atoms. The average molecular weight is 217 g/mol. The summed E-state index contributed by atoms with van der Waals surface area (Å²) in [7, 11) is 0.746. The van der Waals surface area contributed by atoms with Gasteiger partial charge in [0.2, 0.25) is 0 Å². The third-order valence-corrected chi connectivity index (χ3v) is 2.40. The zero-order valence-corrected chi connectivity index (χ0v) is 10.3. The van der Waals surface area contributed by atoms with E-state index in [4.69, 9.17) is 20.8 Å². The van der Waals surface area contributed by atoms with Crippen LogP contribution in [0.15, 0.2) is 30.3 Å². The van der Waals surface area contributed by atoms with Crippen LogP contribution < -0.4 is 0 Å². The van der Waals surface area contributed by atoms with Crippen molar-refractivity contribution in [3.8, 4) is 0 Å². The standard InChI is InChI=1S/C9H13ClO2Si/c10-9(11-6-7-12-13)8-4-2-1-3-5-8/h1-5,9H,6-7H2,13H3. The Kier molecular flexibility index (Phi) is 5.08. The summed E-state index contributed by atoms with van der Waals surface area (Å²) in [4.78, 5) is 0. The van der Waals surface area contributed by atoms with E-state index >= 15 is 0 Å². The van der Waals surface area contributed by atoms with Crippen LogP contribution in [-0.4, -0.2) is 23.7 Å². The maximum atomic E-state index is 5.98. The molecule has 0 aliphatic rings. The highest BCUT2D eigenvalue weighted by molar-refractivity contribution is 6.19. The Morgan fingerprint density at radius 1 is 1.23 bits per heavy atom. The van der Waals surface area contributed by atoms with E-state index in [0.29, 0.717) is 13.2 Å². The summed E-state index contributed by atoms with van der Waals surface area (Å²) in [5, 5.41) is 0. The first-order valence-corrected chi connectivity index (χ1v) is 5.39. The van der Waals surface area contributed by atoms with Gasteiger partial charge < -0.3 is 9.16 Å². The normalized spacial score (nSPS) is 13.0. The summed E-state index contributed by atoms with van der Waals surface area (Å²) in [6.07, 6.45) is 0. The van der Waals surface area contributed by atoms with Crippen molar-refractivity contribution in [2.45, 2.75) is 5.56 Å². The third-order valence-electron chi connectivity index (χ3n) is 1.61. The maximum Gasteiger partial charge on any atom is 0.156 e. The van der Waals surface area contributed by atoms with Crippen molar-refractivity contribution >= 4 is 22.1 Å². The van der Waals surface area contributed by atoms with E-state index in [9.17, 15) is 0 Å². The van der Waals surface area contributed by atoms with Crippen LogP contribution >= 0.6 is 11.6 Å². The van der Waals surface area contributed by atoms with Crippen LogP contribution in [0.5, 0.6) is 0 Å². The number of hydrogen-bond acceptors (Lipinski definition) is 2. The molecule has 0 heterocycles. The van der Waals surface area contributed by atoms with E-state index in [0.717, 1.165) is 16.0 Å². The number of ether oxygens (including phenoxy) is 1. The summed E-state index contributed by atoms with van der Waals surface area (Å²) >= 11 is 5.98. The molecule has 0 amide bonds. The molecule has 0 aliphatic heterocycles. The molecule has 72 valence electrons. The predicted molar refractivity (Wildman–Crippen MR) is 56.9 cm³/mol. The van der Waals surface area contributed by atoms with Gasteiger partial charge in [0.1, 0.15) is 10.5 Å². The van der Waals surface area contributed by atoms with Crippen molar-refractivity contribution in [3.05, 3.63) is 35.9 Å². The largest absolute Gasteiger partial charge is 0.426 e. The number of rotatable bonds is 5. The quantitative estimate of drug-likeness (QED) is 0.419. The van der Waals surface area contributed by atoms with E-state index in [1.807, 2.05) is 30.3 Å². The van der Waals surface area contributed by atoms with Crippen LogP contribution in [0.1, 0.15) is 11.1 Å². The molecule has 13 heavy (non-hydrogen) atoms. The molecule has 0 saturated heterocycles. The molecule has 0 spiro atoms. The Labute approximate surface area is 86.4 Å². The molecule has 1 aromatic carbocycles. The summed E-state index contributed by atoms with van der Waals surface area (Å²) in [5.74, 6) is 0. The molecule has 2 nitrogen and oxygen atoms in total. The molecule has 1 atom stereocenters. The minimum absolute atomic E-state index is 0.363. The van der Waals surface area contributed by atoms with Gasteiger partial charge >= 0.3 is 0 Å². The number of halogens is 1. The van der Waals surface area contributed by atoms with Gasteiger partial charge in [0.05, 0.1) is 13.2 Å². The van der Waals surface area contributed by atoms with Crippen LogP contribution in [0.4, 0.5) is 0 Å². The monoisotopic (exact) mass is 216 g/mol. The fourth-order valence-electron chi connectivity index (χ4n) is 0.935. The number of benzene rings is 1. The minimum Gasteiger partial charge on any atom is -0.426 e. The van der Waals surface area contributed by atoms with E-state index in [1.54, 1.807) is 0 Å². The van der Waals surface area contributed by atoms with E-state index in [1.165, 1.54) is 0 Å². The second kappa shape index (κ2) is 6.15. The molecular formula is C9H13ClO2Si. The molecule has 0 N–H and O–H groups in total. The van der Waals surface area contributed by atoms with E-state index in [-0.39, 0.29) is 5.56 Å². The first kappa shape index (κ1) is 10.7. The van der Waals surface area contributed by atoms with Crippen molar-refractivity contribution in [2.24, 2.45) is 0 Å². The lowest BCUT2D eigenvalue weighted by atomic mass is 10.2. The van der Waals surface area contributed by atoms with Crippen molar-refractivity contribution in [1.29, 1.82) is 0 Å². The lowest BCUT2D eigenvalue weighted by molar-refractivity contribution is 0.0814. The SMILES string of the molecule is [SiH3]OCCOC(Cl)c1ccccc1. The molecule has 0 aromatic heterocycles. The fraction of sp³-hybridized carbons (Fsp3) is 0.333. The van der Waals surface area contributed by atoms with E-state index < -0.39 is 0 Å². The summed E-state index contributed by atoms with van der Waals surface area (Å²) in [5.41, 5.74) is 0.621. The van der Waals surface area contributed by atoms with Crippen molar-refractivity contribution in [1.82, 2.24) is 0 Å². The van der Waals surface area contributed by atoms with Crippen LogP contribution in [0, 0.1) is 0 Å². The summed E-state index contributed by atoms with van der Waals surface area (Å²) in [6.45, 7) is 1.18. The Morgan fingerprint density at radius 2 is 1.92 bits per heavy atom. The highest BCUT2D eigenvalue weighted by Gasteiger charge is 2.05. The lowest BCUT2D eigenvalue weighted by Crippen LogP contribution is -2.04.